The number of nitrogens with zero attached hydrogens (tertiary/aromatic N) is 3. The van der Waals surface area contributed by atoms with Gasteiger partial charge in [-0.25, -0.2) is 15.0 Å². The minimum Gasteiger partial charge on any atom is -0.242 e. The van der Waals surface area contributed by atoms with Gasteiger partial charge in [-0.3, -0.25) is 0 Å². The van der Waals surface area contributed by atoms with Gasteiger partial charge in [-0.05, 0) is 12.8 Å². The van der Waals surface area contributed by atoms with Crippen LogP contribution in [-0.4, -0.2) is 15.0 Å². The van der Waals surface area contributed by atoms with Crippen LogP contribution < -0.4 is 0 Å². The molecule has 0 aliphatic rings. The lowest BCUT2D eigenvalue weighted by atomic mass is 10.2. The van der Waals surface area contributed by atoms with Gasteiger partial charge >= 0.3 is 0 Å². The summed E-state index contributed by atoms with van der Waals surface area (Å²) in [6.07, 6.45) is 8.20. The second-order valence-electron chi connectivity index (χ2n) is 3.28. The Hall–Kier alpha value is -1.03. The first-order valence-electron chi connectivity index (χ1n) is 4.95. The molecular weight excluding hydrogens is 194 g/mol. The molecule has 0 unspecified atom stereocenters. The van der Waals surface area contributed by atoms with Gasteiger partial charge < -0.3 is 0 Å². The van der Waals surface area contributed by atoms with E-state index in [-0.39, 0.29) is 0 Å². The zero-order valence-electron chi connectivity index (χ0n) is 8.23. The van der Waals surface area contributed by atoms with E-state index in [4.69, 9.17) is 0 Å². The van der Waals surface area contributed by atoms with Crippen LogP contribution in [0.2, 0.25) is 0 Å². The molecule has 0 aliphatic heterocycles. The molecule has 0 aromatic carbocycles. The van der Waals surface area contributed by atoms with Crippen molar-refractivity contribution in [1.82, 2.24) is 15.0 Å². The van der Waals surface area contributed by atoms with Crippen molar-refractivity contribution in [2.24, 2.45) is 0 Å². The molecule has 0 atom stereocenters. The van der Waals surface area contributed by atoms with Crippen molar-refractivity contribution in [3.05, 3.63) is 17.5 Å². The molecule has 0 radical (unpaired) electrons. The van der Waals surface area contributed by atoms with Crippen molar-refractivity contribution >= 4 is 21.7 Å². The van der Waals surface area contributed by atoms with Crippen molar-refractivity contribution in [2.45, 2.75) is 32.6 Å². The van der Waals surface area contributed by atoms with Crippen LogP contribution in [0.1, 0.15) is 31.2 Å². The molecule has 2 rings (SSSR count). The van der Waals surface area contributed by atoms with Crippen molar-refractivity contribution < 1.29 is 0 Å². The van der Waals surface area contributed by atoms with E-state index in [0.29, 0.717) is 0 Å². The van der Waals surface area contributed by atoms with Crippen molar-refractivity contribution in [3.63, 3.8) is 0 Å². The van der Waals surface area contributed by atoms with Crippen molar-refractivity contribution in [1.29, 1.82) is 0 Å². The molecule has 14 heavy (non-hydrogen) atoms. The van der Waals surface area contributed by atoms with E-state index in [0.717, 1.165) is 16.8 Å². The molecule has 0 spiro atoms. The van der Waals surface area contributed by atoms with Crippen LogP contribution >= 0.6 is 11.3 Å². The summed E-state index contributed by atoms with van der Waals surface area (Å²) in [5, 5.41) is 1.19. The molecule has 0 bridgehead atoms. The minimum absolute atomic E-state index is 0.934. The number of thiazole rings is 1. The Morgan fingerprint density at radius 2 is 2.29 bits per heavy atom. The zero-order valence-corrected chi connectivity index (χ0v) is 9.05. The van der Waals surface area contributed by atoms with Gasteiger partial charge in [-0.2, -0.15) is 0 Å². The third kappa shape index (κ3) is 2.07. The fourth-order valence-corrected chi connectivity index (χ4v) is 2.28. The Kier molecular flexibility index (Phi) is 3.03. The standard InChI is InChI=1S/C10H13N3S/c1-2-3-4-5-9-13-8-6-11-7-12-10(8)14-9/h6-7H,2-5H2,1H3. The lowest BCUT2D eigenvalue weighted by Crippen LogP contribution is -1.82. The first-order chi connectivity index (χ1) is 6.90. The highest BCUT2D eigenvalue weighted by Crippen LogP contribution is 2.19. The molecular formula is C10H13N3S. The maximum Gasteiger partial charge on any atom is 0.146 e. The molecule has 3 nitrogen and oxygen atoms in total. The number of aromatic nitrogens is 3. The summed E-state index contributed by atoms with van der Waals surface area (Å²) in [4.78, 5) is 13.6. The lowest BCUT2D eigenvalue weighted by molar-refractivity contribution is 0.715. The first-order valence-corrected chi connectivity index (χ1v) is 5.77. The van der Waals surface area contributed by atoms with Gasteiger partial charge in [0.15, 0.2) is 0 Å². The molecule has 0 amide bonds. The van der Waals surface area contributed by atoms with Crippen LogP contribution in [0, 0.1) is 0 Å². The minimum atomic E-state index is 0.934. The van der Waals surface area contributed by atoms with Crippen LogP contribution in [-0.2, 0) is 6.42 Å². The smallest absolute Gasteiger partial charge is 0.146 e. The van der Waals surface area contributed by atoms with Crippen LogP contribution in [0.5, 0.6) is 0 Å². The predicted molar refractivity (Wildman–Crippen MR) is 58.4 cm³/mol. The predicted octanol–water partition coefficient (Wildman–Crippen LogP) is 2.82. The van der Waals surface area contributed by atoms with E-state index in [9.17, 15) is 0 Å². The van der Waals surface area contributed by atoms with Crippen molar-refractivity contribution in [3.8, 4) is 0 Å². The van der Waals surface area contributed by atoms with E-state index in [1.807, 2.05) is 0 Å². The topological polar surface area (TPSA) is 38.7 Å². The second kappa shape index (κ2) is 4.46. The van der Waals surface area contributed by atoms with Gasteiger partial charge in [-0.15, -0.1) is 0 Å². The van der Waals surface area contributed by atoms with Gasteiger partial charge in [0.05, 0.1) is 11.2 Å². The maximum atomic E-state index is 4.48. The molecule has 2 heterocycles. The molecule has 0 aliphatic carbocycles. The molecule has 2 aromatic rings. The molecule has 4 heteroatoms. The van der Waals surface area contributed by atoms with Crippen LogP contribution in [0.3, 0.4) is 0 Å². The Labute approximate surface area is 87.2 Å². The van der Waals surface area contributed by atoms with Gasteiger partial charge in [0.25, 0.3) is 0 Å². The molecule has 0 N–H and O–H groups in total. The molecule has 0 saturated carbocycles. The van der Waals surface area contributed by atoms with Crippen LogP contribution in [0.15, 0.2) is 12.5 Å². The van der Waals surface area contributed by atoms with Crippen LogP contribution in [0.4, 0.5) is 0 Å². The van der Waals surface area contributed by atoms with E-state index in [1.54, 1.807) is 23.9 Å². The van der Waals surface area contributed by atoms with E-state index in [1.165, 1.54) is 24.3 Å². The molecule has 2 aromatic heterocycles. The normalized spacial score (nSPS) is 10.9. The Morgan fingerprint density at radius 1 is 1.36 bits per heavy atom. The summed E-state index contributed by atoms with van der Waals surface area (Å²) in [5.41, 5.74) is 0.934. The molecule has 0 fully saturated rings. The average Bonchev–Trinajstić information content (AvgIpc) is 2.60. The first kappa shape index (κ1) is 9.52. The maximum absolute atomic E-state index is 4.48. The summed E-state index contributed by atoms with van der Waals surface area (Å²) in [6, 6.07) is 0. The fourth-order valence-electron chi connectivity index (χ4n) is 1.37. The number of rotatable bonds is 4. The van der Waals surface area contributed by atoms with Crippen LogP contribution in [0.25, 0.3) is 10.3 Å². The summed E-state index contributed by atoms with van der Waals surface area (Å²) in [7, 11) is 0. The number of aryl methyl sites for hydroxylation is 1. The summed E-state index contributed by atoms with van der Waals surface area (Å²) in [5.74, 6) is 0. The van der Waals surface area contributed by atoms with Gasteiger partial charge in [0, 0.05) is 0 Å². The molecule has 0 saturated heterocycles. The highest BCUT2D eigenvalue weighted by Gasteiger charge is 2.03. The second-order valence-corrected chi connectivity index (χ2v) is 4.34. The Bertz CT molecular complexity index is 377. The highest BCUT2D eigenvalue weighted by atomic mass is 32.1. The average molecular weight is 207 g/mol. The number of fused-ring (bicyclic) bond motifs is 1. The Balaban J connectivity index is 2.11. The largest absolute Gasteiger partial charge is 0.242 e. The monoisotopic (exact) mass is 207 g/mol. The highest BCUT2D eigenvalue weighted by molar-refractivity contribution is 7.18. The van der Waals surface area contributed by atoms with Crippen molar-refractivity contribution in [2.75, 3.05) is 0 Å². The fraction of sp³-hybridized carbons (Fsp3) is 0.500. The number of unbranched alkanes of at least 4 members (excludes halogenated alkanes) is 2. The van der Waals surface area contributed by atoms with E-state index < -0.39 is 0 Å². The lowest BCUT2D eigenvalue weighted by Gasteiger charge is -1.92. The number of hydrogen-bond acceptors (Lipinski definition) is 4. The van der Waals surface area contributed by atoms with Gasteiger partial charge in [0.2, 0.25) is 0 Å². The third-order valence-corrected chi connectivity index (χ3v) is 3.15. The van der Waals surface area contributed by atoms with E-state index in [2.05, 4.69) is 21.9 Å². The quantitative estimate of drug-likeness (QED) is 0.724. The summed E-state index contributed by atoms with van der Waals surface area (Å²) >= 11 is 1.69. The van der Waals surface area contributed by atoms with Gasteiger partial charge in [0.1, 0.15) is 16.7 Å². The summed E-state index contributed by atoms with van der Waals surface area (Å²) < 4.78 is 0. The SMILES string of the molecule is CCCCCc1nc2cncnc2s1. The summed E-state index contributed by atoms with van der Waals surface area (Å²) in [6.45, 7) is 2.21. The Morgan fingerprint density at radius 3 is 3.07 bits per heavy atom. The number of hydrogen-bond donors (Lipinski definition) is 0. The zero-order chi connectivity index (χ0) is 9.80. The van der Waals surface area contributed by atoms with Gasteiger partial charge in [-0.1, -0.05) is 31.1 Å². The van der Waals surface area contributed by atoms with E-state index >= 15 is 0 Å². The third-order valence-electron chi connectivity index (χ3n) is 2.11. The molecule has 74 valence electrons.